The van der Waals surface area contributed by atoms with Crippen LogP contribution in [0.2, 0.25) is 0 Å². The van der Waals surface area contributed by atoms with Crippen LogP contribution >= 0.6 is 0 Å². The quantitative estimate of drug-likeness (QED) is 0.694. The fourth-order valence-corrected chi connectivity index (χ4v) is 3.52. The van der Waals surface area contributed by atoms with E-state index in [2.05, 4.69) is 35.8 Å². The number of ether oxygens (including phenoxy) is 1. The zero-order valence-corrected chi connectivity index (χ0v) is 11.9. The second kappa shape index (κ2) is 5.46. The summed E-state index contributed by atoms with van der Waals surface area (Å²) >= 11 is 0. The van der Waals surface area contributed by atoms with Gasteiger partial charge in [0, 0.05) is 31.8 Å². The topological polar surface area (TPSA) is 63.3 Å². The van der Waals surface area contributed by atoms with Crippen LogP contribution in [0.15, 0.2) is 0 Å². The van der Waals surface area contributed by atoms with E-state index in [1.54, 1.807) is 0 Å². The van der Waals surface area contributed by atoms with Crippen LogP contribution in [0, 0.1) is 22.7 Å². The third kappa shape index (κ3) is 3.06. The molecule has 2 heterocycles. The highest BCUT2D eigenvalue weighted by atomic mass is 16.5. The summed E-state index contributed by atoms with van der Waals surface area (Å²) in [6, 6.07) is 4.52. The largest absolute Gasteiger partial charge is 0.375 e. The van der Waals surface area contributed by atoms with Crippen LogP contribution in [0.5, 0.6) is 0 Å². The van der Waals surface area contributed by atoms with Crippen LogP contribution in [0.3, 0.4) is 0 Å². The van der Waals surface area contributed by atoms with Gasteiger partial charge >= 0.3 is 0 Å². The lowest BCUT2D eigenvalue weighted by molar-refractivity contribution is -0.137. The lowest BCUT2D eigenvalue weighted by Gasteiger charge is -2.55. The maximum absolute atomic E-state index is 9.04. The third-order valence-corrected chi connectivity index (χ3v) is 4.25. The minimum atomic E-state index is -0.151. The van der Waals surface area contributed by atoms with E-state index < -0.39 is 0 Å². The number of nitriles is 2. The predicted molar refractivity (Wildman–Crippen MR) is 71.2 cm³/mol. The second-order valence-electron chi connectivity index (χ2n) is 6.21. The van der Waals surface area contributed by atoms with E-state index >= 15 is 0 Å². The lowest BCUT2D eigenvalue weighted by Crippen LogP contribution is -2.66. The molecule has 0 radical (unpaired) electrons. The van der Waals surface area contributed by atoms with Gasteiger partial charge in [-0.2, -0.15) is 10.5 Å². The summed E-state index contributed by atoms with van der Waals surface area (Å²) in [7, 11) is 0. The highest BCUT2D eigenvalue weighted by molar-refractivity contribution is 5.05. The van der Waals surface area contributed by atoms with Crippen molar-refractivity contribution < 1.29 is 4.74 Å². The molecule has 0 unspecified atom stereocenters. The molecule has 104 valence electrons. The van der Waals surface area contributed by atoms with Gasteiger partial charge in [0.05, 0.1) is 30.8 Å². The summed E-state index contributed by atoms with van der Waals surface area (Å²) < 4.78 is 5.82. The summed E-state index contributed by atoms with van der Waals surface area (Å²) in [6.45, 7) is 8.51. The standard InChI is InChI=1S/C14H22N4O/c1-13(2)11-14(3-10-19-13)12-17(6-4-15)8-9-18(14)7-5-16/h3,6-12H2,1-2H3/t14-/m0/s1. The Bertz CT molecular complexity index is 409. The van der Waals surface area contributed by atoms with Crippen LogP contribution in [0.4, 0.5) is 0 Å². The Kier molecular flexibility index (Phi) is 4.10. The molecule has 2 rings (SSSR count). The Labute approximate surface area is 115 Å². The molecule has 0 aromatic rings. The third-order valence-electron chi connectivity index (χ3n) is 4.25. The van der Waals surface area contributed by atoms with Gasteiger partial charge in [0.15, 0.2) is 0 Å². The fourth-order valence-electron chi connectivity index (χ4n) is 3.52. The fraction of sp³-hybridized carbons (Fsp3) is 0.857. The number of nitrogens with zero attached hydrogens (tertiary/aromatic N) is 4. The summed E-state index contributed by atoms with van der Waals surface area (Å²) in [5.74, 6) is 0. The average molecular weight is 262 g/mol. The molecule has 5 nitrogen and oxygen atoms in total. The van der Waals surface area contributed by atoms with Gasteiger partial charge in [-0.25, -0.2) is 0 Å². The summed E-state index contributed by atoms with van der Waals surface area (Å²) in [5.41, 5.74) is -0.159. The highest BCUT2D eigenvalue weighted by Gasteiger charge is 2.47. The Morgan fingerprint density at radius 3 is 2.53 bits per heavy atom. The minimum Gasteiger partial charge on any atom is -0.375 e. The van der Waals surface area contributed by atoms with Crippen molar-refractivity contribution in [3.8, 4) is 12.1 Å². The zero-order chi connectivity index (χ0) is 13.9. The maximum Gasteiger partial charge on any atom is 0.0871 e. The van der Waals surface area contributed by atoms with Crippen LogP contribution in [-0.4, -0.2) is 60.3 Å². The van der Waals surface area contributed by atoms with Crippen molar-refractivity contribution in [3.63, 3.8) is 0 Å². The van der Waals surface area contributed by atoms with Gasteiger partial charge in [0.1, 0.15) is 0 Å². The van der Waals surface area contributed by atoms with Gasteiger partial charge in [-0.3, -0.25) is 9.80 Å². The van der Waals surface area contributed by atoms with Crippen molar-refractivity contribution in [1.82, 2.24) is 9.80 Å². The first-order valence-corrected chi connectivity index (χ1v) is 6.87. The molecule has 2 saturated heterocycles. The van der Waals surface area contributed by atoms with Crippen molar-refractivity contribution in [2.45, 2.75) is 37.8 Å². The number of rotatable bonds is 2. The van der Waals surface area contributed by atoms with Crippen LogP contribution in [0.1, 0.15) is 26.7 Å². The van der Waals surface area contributed by atoms with E-state index in [0.29, 0.717) is 13.1 Å². The molecule has 1 spiro atoms. The molecule has 2 fully saturated rings. The highest BCUT2D eigenvalue weighted by Crippen LogP contribution is 2.38. The molecule has 0 aromatic carbocycles. The first-order chi connectivity index (χ1) is 9.01. The maximum atomic E-state index is 9.04. The molecule has 0 bridgehead atoms. The first kappa shape index (κ1) is 14.3. The smallest absolute Gasteiger partial charge is 0.0871 e. The Morgan fingerprint density at radius 1 is 1.16 bits per heavy atom. The van der Waals surface area contributed by atoms with Gasteiger partial charge in [0.2, 0.25) is 0 Å². The lowest BCUT2D eigenvalue weighted by atomic mass is 9.78. The van der Waals surface area contributed by atoms with Gasteiger partial charge in [0.25, 0.3) is 0 Å². The molecular weight excluding hydrogens is 240 g/mol. The van der Waals surface area contributed by atoms with Gasteiger partial charge in [-0.05, 0) is 26.7 Å². The second-order valence-corrected chi connectivity index (χ2v) is 6.21. The van der Waals surface area contributed by atoms with E-state index in [-0.39, 0.29) is 11.1 Å². The predicted octanol–water partition coefficient (Wildman–Crippen LogP) is 0.979. The normalized spacial score (nSPS) is 31.8. The monoisotopic (exact) mass is 262 g/mol. The molecule has 5 heteroatoms. The molecule has 0 aromatic heterocycles. The first-order valence-electron chi connectivity index (χ1n) is 6.87. The number of piperazine rings is 1. The molecule has 1 atom stereocenters. The van der Waals surface area contributed by atoms with E-state index in [1.165, 1.54) is 0 Å². The number of hydrogen-bond acceptors (Lipinski definition) is 5. The Hall–Kier alpha value is -1.14. The molecule has 0 aliphatic carbocycles. The van der Waals surface area contributed by atoms with Gasteiger partial charge in [-0.1, -0.05) is 0 Å². The summed E-state index contributed by atoms with van der Waals surface area (Å²) in [6.07, 6.45) is 1.86. The summed E-state index contributed by atoms with van der Waals surface area (Å²) in [5, 5.41) is 17.9. The Balaban J connectivity index is 2.19. The summed E-state index contributed by atoms with van der Waals surface area (Å²) in [4.78, 5) is 4.50. The van der Waals surface area contributed by atoms with Crippen LogP contribution in [-0.2, 0) is 4.74 Å². The van der Waals surface area contributed by atoms with E-state index in [0.717, 1.165) is 39.1 Å². The van der Waals surface area contributed by atoms with Crippen molar-refractivity contribution in [2.24, 2.45) is 0 Å². The van der Waals surface area contributed by atoms with Crippen LogP contribution in [0.25, 0.3) is 0 Å². The van der Waals surface area contributed by atoms with Crippen molar-refractivity contribution in [2.75, 3.05) is 39.3 Å². The molecule has 2 aliphatic rings. The molecule has 19 heavy (non-hydrogen) atoms. The minimum absolute atomic E-state index is 0.00736. The van der Waals surface area contributed by atoms with Crippen molar-refractivity contribution in [3.05, 3.63) is 0 Å². The van der Waals surface area contributed by atoms with Gasteiger partial charge in [-0.15, -0.1) is 0 Å². The molecule has 0 N–H and O–H groups in total. The molecule has 0 amide bonds. The van der Waals surface area contributed by atoms with E-state index in [9.17, 15) is 0 Å². The van der Waals surface area contributed by atoms with Crippen LogP contribution < -0.4 is 0 Å². The molecule has 0 saturated carbocycles. The molecule has 2 aliphatic heterocycles. The van der Waals surface area contributed by atoms with E-state index in [4.69, 9.17) is 15.3 Å². The van der Waals surface area contributed by atoms with E-state index in [1.807, 2.05) is 0 Å². The van der Waals surface area contributed by atoms with Gasteiger partial charge < -0.3 is 4.74 Å². The number of hydrogen-bond donors (Lipinski definition) is 0. The average Bonchev–Trinajstić information content (AvgIpc) is 2.32. The Morgan fingerprint density at radius 2 is 1.89 bits per heavy atom. The SMILES string of the molecule is CC1(C)C[C@@]2(CCO1)CN(CC#N)CCN2CC#N. The van der Waals surface area contributed by atoms with Crippen molar-refractivity contribution in [1.29, 1.82) is 10.5 Å². The molecular formula is C14H22N4O. The van der Waals surface area contributed by atoms with Crippen molar-refractivity contribution >= 4 is 0 Å². The zero-order valence-electron chi connectivity index (χ0n) is 11.9.